The lowest BCUT2D eigenvalue weighted by atomic mass is 10.1. The molecule has 29 heavy (non-hydrogen) atoms. The van der Waals surface area contributed by atoms with Gasteiger partial charge in [-0.25, -0.2) is 14.4 Å². The Kier molecular flexibility index (Phi) is 7.67. The number of esters is 3. The van der Waals surface area contributed by atoms with Crippen LogP contribution in [-0.4, -0.2) is 43.8 Å². The summed E-state index contributed by atoms with van der Waals surface area (Å²) in [7, 11) is 2.48. The van der Waals surface area contributed by atoms with Gasteiger partial charge in [-0.05, 0) is 61.6 Å². The number of benzene rings is 2. The summed E-state index contributed by atoms with van der Waals surface area (Å²) in [5.74, 6) is -1.62. The maximum atomic E-state index is 11.9. The monoisotopic (exact) mass is 416 g/mol. The number of carbonyl (C=O) groups is 3. The van der Waals surface area contributed by atoms with Gasteiger partial charge in [0.2, 0.25) is 0 Å². The number of hydrogen-bond donors (Lipinski definition) is 2. The van der Waals surface area contributed by atoms with Crippen molar-refractivity contribution in [2.45, 2.75) is 6.92 Å². The van der Waals surface area contributed by atoms with Crippen LogP contribution in [0, 0.1) is 0 Å². The molecule has 0 atom stereocenters. The first-order valence-corrected chi connectivity index (χ1v) is 8.95. The van der Waals surface area contributed by atoms with Crippen LogP contribution >= 0.6 is 12.2 Å². The smallest absolute Gasteiger partial charge is 0.338 e. The van der Waals surface area contributed by atoms with Crippen molar-refractivity contribution in [2.24, 2.45) is 0 Å². The number of carbonyl (C=O) groups excluding carboxylic acids is 3. The van der Waals surface area contributed by atoms with Crippen molar-refractivity contribution in [1.82, 2.24) is 0 Å². The highest BCUT2D eigenvalue weighted by atomic mass is 32.1. The highest BCUT2D eigenvalue weighted by Crippen LogP contribution is 2.18. The van der Waals surface area contributed by atoms with Gasteiger partial charge in [-0.15, -0.1) is 0 Å². The van der Waals surface area contributed by atoms with Crippen LogP contribution in [0.15, 0.2) is 42.5 Å². The predicted octanol–water partition coefficient (Wildman–Crippen LogP) is 3.25. The maximum Gasteiger partial charge on any atom is 0.338 e. The highest BCUT2D eigenvalue weighted by Gasteiger charge is 2.14. The largest absolute Gasteiger partial charge is 0.465 e. The van der Waals surface area contributed by atoms with Crippen molar-refractivity contribution >= 4 is 46.6 Å². The molecule has 0 aromatic heterocycles. The second-order valence-corrected chi connectivity index (χ2v) is 6.07. The lowest BCUT2D eigenvalue weighted by Gasteiger charge is -2.13. The Bertz CT molecular complexity index is 893. The van der Waals surface area contributed by atoms with Gasteiger partial charge in [0.1, 0.15) is 0 Å². The molecule has 0 spiro atoms. The molecule has 8 nitrogen and oxygen atoms in total. The van der Waals surface area contributed by atoms with Crippen molar-refractivity contribution in [3.8, 4) is 0 Å². The third kappa shape index (κ3) is 6.01. The Balaban J connectivity index is 2.14. The Morgan fingerprint density at radius 2 is 1.31 bits per heavy atom. The molecular formula is C20H20N2O6S. The minimum atomic E-state index is -0.604. The molecule has 152 valence electrons. The summed E-state index contributed by atoms with van der Waals surface area (Å²) in [5.41, 5.74) is 1.78. The Morgan fingerprint density at radius 3 is 1.79 bits per heavy atom. The molecular weight excluding hydrogens is 396 g/mol. The van der Waals surface area contributed by atoms with E-state index in [2.05, 4.69) is 10.6 Å². The summed E-state index contributed by atoms with van der Waals surface area (Å²) in [4.78, 5) is 35.4. The van der Waals surface area contributed by atoms with Crippen molar-refractivity contribution in [3.05, 3.63) is 59.2 Å². The fraction of sp³-hybridized carbons (Fsp3) is 0.200. The molecule has 0 aliphatic carbocycles. The van der Waals surface area contributed by atoms with Crippen molar-refractivity contribution in [3.63, 3.8) is 0 Å². The van der Waals surface area contributed by atoms with Crippen LogP contribution in [0.1, 0.15) is 38.0 Å². The molecule has 2 aromatic carbocycles. The summed E-state index contributed by atoms with van der Waals surface area (Å²) in [6, 6.07) is 10.9. The third-order valence-electron chi connectivity index (χ3n) is 3.69. The molecule has 0 saturated carbocycles. The van der Waals surface area contributed by atoms with Crippen LogP contribution in [0.5, 0.6) is 0 Å². The predicted molar refractivity (Wildman–Crippen MR) is 111 cm³/mol. The molecule has 0 bridgehead atoms. The molecule has 0 fully saturated rings. The molecule has 0 amide bonds. The van der Waals surface area contributed by atoms with E-state index < -0.39 is 17.9 Å². The molecule has 2 N–H and O–H groups in total. The fourth-order valence-corrected chi connectivity index (χ4v) is 2.60. The first-order chi connectivity index (χ1) is 13.9. The lowest BCUT2D eigenvalue weighted by molar-refractivity contribution is 0.0524. The minimum absolute atomic E-state index is 0.166. The van der Waals surface area contributed by atoms with E-state index in [-0.39, 0.29) is 16.2 Å². The molecule has 0 unspecified atom stereocenters. The van der Waals surface area contributed by atoms with Gasteiger partial charge in [0, 0.05) is 11.4 Å². The van der Waals surface area contributed by atoms with Gasteiger partial charge in [0.05, 0.1) is 37.5 Å². The van der Waals surface area contributed by atoms with Crippen LogP contribution < -0.4 is 10.6 Å². The molecule has 2 aromatic rings. The maximum absolute atomic E-state index is 11.9. The van der Waals surface area contributed by atoms with E-state index in [1.807, 2.05) is 0 Å². The number of thiocarbonyl (C=S) groups is 1. The molecule has 0 saturated heterocycles. The number of rotatable bonds is 6. The lowest BCUT2D eigenvalue weighted by Crippen LogP contribution is -2.20. The van der Waals surface area contributed by atoms with Crippen molar-refractivity contribution < 1.29 is 28.6 Å². The summed E-state index contributed by atoms with van der Waals surface area (Å²) >= 11 is 5.27. The second-order valence-electron chi connectivity index (χ2n) is 5.66. The van der Waals surface area contributed by atoms with E-state index in [1.54, 1.807) is 31.2 Å². The average Bonchev–Trinajstić information content (AvgIpc) is 2.72. The first kappa shape index (κ1) is 21.8. The number of hydrogen-bond acceptors (Lipinski definition) is 7. The van der Waals surface area contributed by atoms with Gasteiger partial charge in [-0.1, -0.05) is 0 Å². The SMILES string of the molecule is CCOC(=O)c1ccc(NC(=S)Nc2cc(C(=O)OC)cc(C(=O)OC)c2)cc1. The van der Waals surface area contributed by atoms with Crippen molar-refractivity contribution in [1.29, 1.82) is 0 Å². The molecule has 0 heterocycles. The van der Waals surface area contributed by atoms with Gasteiger partial charge in [0.15, 0.2) is 5.11 Å². The van der Waals surface area contributed by atoms with E-state index in [0.29, 0.717) is 23.5 Å². The zero-order valence-corrected chi connectivity index (χ0v) is 16.9. The topological polar surface area (TPSA) is 103 Å². The summed E-state index contributed by atoms with van der Waals surface area (Å²) in [6.45, 7) is 2.03. The first-order valence-electron chi connectivity index (χ1n) is 8.54. The quantitative estimate of drug-likeness (QED) is 0.417. The summed E-state index contributed by atoms with van der Waals surface area (Å²) in [5, 5.41) is 6.06. The van der Waals surface area contributed by atoms with E-state index in [4.69, 9.17) is 26.4 Å². The van der Waals surface area contributed by atoms with E-state index in [1.165, 1.54) is 32.4 Å². The molecule has 0 radical (unpaired) electrons. The molecule has 0 aliphatic rings. The van der Waals surface area contributed by atoms with Gasteiger partial charge < -0.3 is 24.8 Å². The zero-order chi connectivity index (χ0) is 21.4. The molecule has 9 heteroatoms. The van der Waals surface area contributed by atoms with Crippen LogP contribution in [-0.2, 0) is 14.2 Å². The Hall–Kier alpha value is -3.46. The van der Waals surface area contributed by atoms with Gasteiger partial charge in [0.25, 0.3) is 0 Å². The van der Waals surface area contributed by atoms with Crippen LogP contribution in [0.4, 0.5) is 11.4 Å². The van der Waals surface area contributed by atoms with Crippen LogP contribution in [0.3, 0.4) is 0 Å². The Labute approximate surface area is 173 Å². The third-order valence-corrected chi connectivity index (χ3v) is 3.89. The molecule has 0 aliphatic heterocycles. The van der Waals surface area contributed by atoms with Crippen LogP contribution in [0.2, 0.25) is 0 Å². The van der Waals surface area contributed by atoms with E-state index >= 15 is 0 Å². The Morgan fingerprint density at radius 1 is 0.793 bits per heavy atom. The zero-order valence-electron chi connectivity index (χ0n) is 16.1. The normalized spacial score (nSPS) is 9.90. The fourth-order valence-electron chi connectivity index (χ4n) is 2.37. The highest BCUT2D eigenvalue weighted by molar-refractivity contribution is 7.80. The summed E-state index contributed by atoms with van der Waals surface area (Å²) < 4.78 is 14.3. The second kappa shape index (κ2) is 10.2. The summed E-state index contributed by atoms with van der Waals surface area (Å²) in [6.07, 6.45) is 0. The van der Waals surface area contributed by atoms with E-state index in [0.717, 1.165) is 0 Å². The van der Waals surface area contributed by atoms with Crippen LogP contribution in [0.25, 0.3) is 0 Å². The number of nitrogens with one attached hydrogen (secondary N) is 2. The standard InChI is InChI=1S/C20H20N2O6S/c1-4-28-19(25)12-5-7-15(8-6-12)21-20(29)22-16-10-13(17(23)26-2)9-14(11-16)18(24)27-3/h5-11H,4H2,1-3H3,(H2,21,22,29). The van der Waals surface area contributed by atoms with Gasteiger partial charge in [-0.2, -0.15) is 0 Å². The molecule has 2 rings (SSSR count). The number of methoxy groups -OCH3 is 2. The van der Waals surface area contributed by atoms with Gasteiger partial charge >= 0.3 is 17.9 Å². The number of ether oxygens (including phenoxy) is 3. The van der Waals surface area contributed by atoms with E-state index in [9.17, 15) is 14.4 Å². The average molecular weight is 416 g/mol. The minimum Gasteiger partial charge on any atom is -0.465 e. The van der Waals surface area contributed by atoms with Crippen molar-refractivity contribution in [2.75, 3.05) is 31.5 Å². The number of anilines is 2. The van der Waals surface area contributed by atoms with Gasteiger partial charge in [-0.3, -0.25) is 0 Å².